The van der Waals surface area contributed by atoms with Crippen LogP contribution < -0.4 is 10.6 Å². The monoisotopic (exact) mass is 282 g/mol. The van der Waals surface area contributed by atoms with Crippen molar-refractivity contribution in [3.63, 3.8) is 0 Å². The van der Waals surface area contributed by atoms with Crippen molar-refractivity contribution < 1.29 is 9.90 Å². The molecule has 0 heterocycles. The van der Waals surface area contributed by atoms with Gasteiger partial charge >= 0.3 is 0 Å². The number of aryl methyl sites for hydroxylation is 1. The second-order valence-corrected chi connectivity index (χ2v) is 5.28. The van der Waals surface area contributed by atoms with Gasteiger partial charge in [-0.25, -0.2) is 0 Å². The summed E-state index contributed by atoms with van der Waals surface area (Å²) in [6, 6.07) is 13.3. The van der Waals surface area contributed by atoms with E-state index in [1.165, 1.54) is 11.1 Å². The molecule has 0 saturated heterocycles. The Morgan fingerprint density at radius 3 is 2.67 bits per heavy atom. The van der Waals surface area contributed by atoms with E-state index >= 15 is 0 Å². The smallest absolute Gasteiger partial charge is 0.251 e. The molecular formula is C17H18N2O2. The lowest BCUT2D eigenvalue weighted by atomic mass is 10.1. The predicted octanol–water partition coefficient (Wildman–Crippen LogP) is 2.85. The van der Waals surface area contributed by atoms with E-state index in [4.69, 9.17) is 0 Å². The molecule has 0 bridgehead atoms. The number of carbonyl (C=O) groups is 1. The maximum atomic E-state index is 11.5. The number of aromatic hydroxyl groups is 1. The zero-order chi connectivity index (χ0) is 14.8. The number of carbonyl (C=O) groups excluding carboxylic acids is 1. The maximum Gasteiger partial charge on any atom is 0.251 e. The zero-order valence-electron chi connectivity index (χ0n) is 11.9. The van der Waals surface area contributed by atoms with E-state index in [2.05, 4.69) is 10.6 Å². The fraction of sp³-hybridized carbons (Fsp3) is 0.235. The van der Waals surface area contributed by atoms with E-state index in [9.17, 15) is 9.90 Å². The Labute approximate surface area is 123 Å². The molecule has 2 aromatic rings. The molecule has 0 spiro atoms. The molecule has 1 amide bonds. The molecule has 3 rings (SSSR count). The first-order chi connectivity index (χ1) is 10.2. The Balaban J connectivity index is 1.75. The lowest BCUT2D eigenvalue weighted by Crippen LogP contribution is -2.17. The van der Waals surface area contributed by atoms with Crippen LogP contribution in [0.3, 0.4) is 0 Å². The van der Waals surface area contributed by atoms with Gasteiger partial charge in [0.1, 0.15) is 5.75 Å². The fourth-order valence-electron chi connectivity index (χ4n) is 2.82. The second kappa shape index (κ2) is 5.48. The van der Waals surface area contributed by atoms with E-state index in [1.54, 1.807) is 13.1 Å². The molecule has 3 N–H and O–H groups in total. The Bertz CT molecular complexity index is 665. The van der Waals surface area contributed by atoms with Gasteiger partial charge in [0, 0.05) is 18.3 Å². The maximum absolute atomic E-state index is 11.5. The minimum absolute atomic E-state index is 0.0803. The highest BCUT2D eigenvalue weighted by molar-refractivity contribution is 5.94. The molecule has 0 radical (unpaired) electrons. The average Bonchev–Trinajstić information content (AvgIpc) is 2.89. The molecule has 1 atom stereocenters. The third-order valence-electron chi connectivity index (χ3n) is 3.92. The second-order valence-electron chi connectivity index (χ2n) is 5.28. The number of phenolic OH excluding ortho intramolecular Hbond substituents is 1. The molecule has 4 heteroatoms. The van der Waals surface area contributed by atoms with Crippen LogP contribution in [0.15, 0.2) is 42.5 Å². The van der Waals surface area contributed by atoms with Gasteiger partial charge in [-0.3, -0.25) is 4.79 Å². The van der Waals surface area contributed by atoms with E-state index in [0.717, 1.165) is 18.5 Å². The number of phenols is 1. The van der Waals surface area contributed by atoms with Crippen LogP contribution in [-0.2, 0) is 6.42 Å². The summed E-state index contributed by atoms with van der Waals surface area (Å²) in [5, 5.41) is 15.6. The molecule has 0 fully saturated rings. The summed E-state index contributed by atoms with van der Waals surface area (Å²) < 4.78 is 0. The van der Waals surface area contributed by atoms with Gasteiger partial charge in [0.05, 0.1) is 6.04 Å². The largest absolute Gasteiger partial charge is 0.508 e. The molecule has 0 aromatic heterocycles. The molecule has 1 unspecified atom stereocenters. The van der Waals surface area contributed by atoms with Crippen LogP contribution in [0.4, 0.5) is 5.69 Å². The van der Waals surface area contributed by atoms with Gasteiger partial charge in [0.2, 0.25) is 0 Å². The molecule has 1 aliphatic carbocycles. The van der Waals surface area contributed by atoms with Gasteiger partial charge in [-0.1, -0.05) is 6.07 Å². The summed E-state index contributed by atoms with van der Waals surface area (Å²) in [6.45, 7) is 0. The normalized spacial score (nSPS) is 16.3. The molecule has 0 saturated carbocycles. The van der Waals surface area contributed by atoms with E-state index < -0.39 is 0 Å². The number of benzene rings is 2. The van der Waals surface area contributed by atoms with Crippen molar-refractivity contribution in [3.05, 3.63) is 59.2 Å². The SMILES string of the molecule is CNC(=O)c1ccc(NC2CCc3cc(O)ccc32)cc1. The summed E-state index contributed by atoms with van der Waals surface area (Å²) >= 11 is 0. The highest BCUT2D eigenvalue weighted by atomic mass is 16.3. The molecule has 1 aliphatic rings. The predicted molar refractivity (Wildman–Crippen MR) is 82.6 cm³/mol. The van der Waals surface area contributed by atoms with Gasteiger partial charge in [0.15, 0.2) is 0 Å². The van der Waals surface area contributed by atoms with Gasteiger partial charge in [-0.15, -0.1) is 0 Å². The summed E-state index contributed by atoms with van der Waals surface area (Å²) in [5.74, 6) is 0.243. The number of fused-ring (bicyclic) bond motifs is 1. The molecule has 0 aliphatic heterocycles. The van der Waals surface area contributed by atoms with Crippen LogP contribution in [0, 0.1) is 0 Å². The third-order valence-corrected chi connectivity index (χ3v) is 3.92. The first-order valence-corrected chi connectivity index (χ1v) is 7.08. The minimum Gasteiger partial charge on any atom is -0.508 e. The molecule has 2 aromatic carbocycles. The lowest BCUT2D eigenvalue weighted by molar-refractivity contribution is 0.0963. The number of nitrogens with one attached hydrogen (secondary N) is 2. The van der Waals surface area contributed by atoms with Crippen LogP contribution in [0.1, 0.15) is 33.9 Å². The van der Waals surface area contributed by atoms with Gasteiger partial charge in [-0.2, -0.15) is 0 Å². The van der Waals surface area contributed by atoms with Crippen LogP contribution in [0.5, 0.6) is 5.75 Å². The van der Waals surface area contributed by atoms with E-state index in [0.29, 0.717) is 11.3 Å². The lowest BCUT2D eigenvalue weighted by Gasteiger charge is -2.16. The first kappa shape index (κ1) is 13.5. The highest BCUT2D eigenvalue weighted by Gasteiger charge is 2.22. The Hall–Kier alpha value is -2.49. The number of rotatable bonds is 3. The standard InChI is InChI=1S/C17H18N2O2/c1-18-17(21)11-2-5-13(6-3-11)19-16-9-4-12-10-14(20)7-8-15(12)16/h2-3,5-8,10,16,19-20H,4,9H2,1H3,(H,18,21). The van der Waals surface area contributed by atoms with Crippen LogP contribution in [-0.4, -0.2) is 18.1 Å². The van der Waals surface area contributed by atoms with Gasteiger partial charge in [0.25, 0.3) is 5.91 Å². The summed E-state index contributed by atoms with van der Waals surface area (Å²) in [7, 11) is 1.62. The Morgan fingerprint density at radius 1 is 1.19 bits per heavy atom. The summed E-state index contributed by atoms with van der Waals surface area (Å²) in [5.41, 5.74) is 4.09. The van der Waals surface area contributed by atoms with Crippen LogP contribution >= 0.6 is 0 Å². The number of hydrogen-bond donors (Lipinski definition) is 3. The fourth-order valence-corrected chi connectivity index (χ4v) is 2.82. The first-order valence-electron chi connectivity index (χ1n) is 7.08. The van der Waals surface area contributed by atoms with Crippen molar-refractivity contribution in [2.45, 2.75) is 18.9 Å². The van der Waals surface area contributed by atoms with Crippen molar-refractivity contribution in [2.24, 2.45) is 0 Å². The topological polar surface area (TPSA) is 61.4 Å². The van der Waals surface area contributed by atoms with Crippen molar-refractivity contribution in [1.29, 1.82) is 0 Å². The van der Waals surface area contributed by atoms with Gasteiger partial charge < -0.3 is 15.7 Å². The molecule has 21 heavy (non-hydrogen) atoms. The Morgan fingerprint density at radius 2 is 1.95 bits per heavy atom. The van der Waals surface area contributed by atoms with Crippen molar-refractivity contribution >= 4 is 11.6 Å². The molecular weight excluding hydrogens is 264 g/mol. The van der Waals surface area contributed by atoms with Crippen LogP contribution in [0.25, 0.3) is 0 Å². The summed E-state index contributed by atoms with van der Waals surface area (Å²) in [6.07, 6.45) is 1.98. The average molecular weight is 282 g/mol. The minimum atomic E-state index is -0.0803. The molecule has 4 nitrogen and oxygen atoms in total. The van der Waals surface area contributed by atoms with Gasteiger partial charge in [-0.05, 0) is 60.4 Å². The van der Waals surface area contributed by atoms with Crippen LogP contribution in [0.2, 0.25) is 0 Å². The number of hydrogen-bond acceptors (Lipinski definition) is 3. The van der Waals surface area contributed by atoms with Crippen molar-refractivity contribution in [3.8, 4) is 5.75 Å². The molecule has 108 valence electrons. The highest BCUT2D eigenvalue weighted by Crippen LogP contribution is 2.35. The Kier molecular flexibility index (Phi) is 3.52. The summed E-state index contributed by atoms with van der Waals surface area (Å²) in [4.78, 5) is 11.5. The van der Waals surface area contributed by atoms with Crippen molar-refractivity contribution in [1.82, 2.24) is 5.32 Å². The zero-order valence-corrected chi connectivity index (χ0v) is 11.9. The van der Waals surface area contributed by atoms with E-state index in [-0.39, 0.29) is 11.9 Å². The quantitative estimate of drug-likeness (QED) is 0.811. The van der Waals surface area contributed by atoms with E-state index in [1.807, 2.05) is 36.4 Å². The number of anilines is 1. The van der Waals surface area contributed by atoms with Crippen molar-refractivity contribution in [2.75, 3.05) is 12.4 Å². The third kappa shape index (κ3) is 2.70. The number of amides is 1.